The summed E-state index contributed by atoms with van der Waals surface area (Å²) in [6.45, 7) is 1.57. The van der Waals surface area contributed by atoms with Crippen LogP contribution in [-0.4, -0.2) is 29.0 Å². The number of hydrogen-bond acceptors (Lipinski definition) is 4. The first-order chi connectivity index (χ1) is 12.6. The van der Waals surface area contributed by atoms with Crippen LogP contribution in [0.3, 0.4) is 0 Å². The van der Waals surface area contributed by atoms with Gasteiger partial charge in [0, 0.05) is 14.8 Å². The van der Waals surface area contributed by atoms with E-state index in [4.69, 9.17) is 22.4 Å². The Morgan fingerprint density at radius 2 is 1.81 bits per heavy atom. The molecule has 27 heavy (non-hydrogen) atoms. The number of nitrogens with two attached hydrogens (primary N) is 1. The molecule has 0 fully saturated rings. The molecule has 0 bridgehead atoms. The van der Waals surface area contributed by atoms with E-state index < -0.39 is 23.9 Å². The Morgan fingerprint density at radius 3 is 2.41 bits per heavy atom. The molecule has 3 unspecified atom stereocenters. The summed E-state index contributed by atoms with van der Waals surface area (Å²) < 4.78 is 38.5. The van der Waals surface area contributed by atoms with Gasteiger partial charge in [-0.25, -0.2) is 0 Å². The lowest BCUT2D eigenvalue weighted by Crippen LogP contribution is -2.38. The summed E-state index contributed by atoms with van der Waals surface area (Å²) in [5, 5.41) is 19.4. The zero-order chi connectivity index (χ0) is 20.2. The molecule has 3 nitrogen and oxygen atoms in total. The van der Waals surface area contributed by atoms with E-state index in [1.54, 1.807) is 24.3 Å². The van der Waals surface area contributed by atoms with Crippen molar-refractivity contribution in [1.29, 1.82) is 0 Å². The van der Waals surface area contributed by atoms with Crippen molar-refractivity contribution in [3.05, 3.63) is 58.6 Å². The van der Waals surface area contributed by atoms with E-state index in [0.29, 0.717) is 21.2 Å². The molecule has 0 aliphatic carbocycles. The molecule has 0 heterocycles. The van der Waals surface area contributed by atoms with Crippen molar-refractivity contribution >= 4 is 23.4 Å². The summed E-state index contributed by atoms with van der Waals surface area (Å²) in [6.07, 6.45) is -4.91. The van der Waals surface area contributed by atoms with Gasteiger partial charge in [-0.3, -0.25) is 0 Å². The zero-order valence-electron chi connectivity index (χ0n) is 14.6. The highest BCUT2D eigenvalue weighted by Crippen LogP contribution is 2.37. The van der Waals surface area contributed by atoms with E-state index in [1.807, 2.05) is 6.92 Å². The van der Waals surface area contributed by atoms with Crippen LogP contribution in [0.4, 0.5) is 13.2 Å². The van der Waals surface area contributed by atoms with Gasteiger partial charge >= 0.3 is 6.18 Å². The van der Waals surface area contributed by atoms with Crippen LogP contribution < -0.4 is 5.73 Å². The smallest absolute Gasteiger partial charge is 0.395 e. The zero-order valence-corrected chi connectivity index (χ0v) is 16.2. The maximum atomic E-state index is 12.8. The van der Waals surface area contributed by atoms with Crippen LogP contribution in [0.5, 0.6) is 0 Å². The molecule has 0 saturated heterocycles. The lowest BCUT2D eigenvalue weighted by atomic mass is 9.92. The van der Waals surface area contributed by atoms with Gasteiger partial charge in [0.1, 0.15) is 0 Å². The quantitative estimate of drug-likeness (QED) is 0.609. The van der Waals surface area contributed by atoms with Crippen molar-refractivity contribution in [3.8, 4) is 0 Å². The van der Waals surface area contributed by atoms with Gasteiger partial charge in [-0.2, -0.15) is 13.2 Å². The molecule has 3 atom stereocenters. The fraction of sp³-hybridized carbons (Fsp3) is 0.368. The summed E-state index contributed by atoms with van der Waals surface area (Å²) in [4.78, 5) is 1.17. The third-order valence-corrected chi connectivity index (χ3v) is 5.51. The largest absolute Gasteiger partial charge is 0.416 e. The van der Waals surface area contributed by atoms with E-state index in [1.165, 1.54) is 17.8 Å². The first-order valence-electron chi connectivity index (χ1n) is 8.31. The summed E-state index contributed by atoms with van der Waals surface area (Å²) in [5.74, 6) is -0.0993. The molecule has 0 amide bonds. The van der Waals surface area contributed by atoms with Crippen molar-refractivity contribution in [2.75, 3.05) is 6.61 Å². The number of halogens is 4. The lowest BCUT2D eigenvalue weighted by molar-refractivity contribution is -0.137. The number of hydrogen-bond donors (Lipinski definition) is 3. The Hall–Kier alpha value is -1.25. The summed E-state index contributed by atoms with van der Waals surface area (Å²) in [5.41, 5.74) is 5.72. The Labute approximate surface area is 165 Å². The molecule has 148 valence electrons. The van der Waals surface area contributed by atoms with Crippen LogP contribution in [-0.2, 0) is 6.18 Å². The molecule has 0 aliphatic rings. The molecule has 0 aliphatic heterocycles. The summed E-state index contributed by atoms with van der Waals surface area (Å²) in [6, 6.07) is 9.65. The van der Waals surface area contributed by atoms with Gasteiger partial charge in [-0.15, -0.1) is 0 Å². The van der Waals surface area contributed by atoms with E-state index in [2.05, 4.69) is 0 Å². The predicted molar refractivity (Wildman–Crippen MR) is 101 cm³/mol. The lowest BCUT2D eigenvalue weighted by Gasteiger charge is -2.21. The van der Waals surface area contributed by atoms with Gasteiger partial charge in [0.25, 0.3) is 0 Å². The molecule has 8 heteroatoms. The minimum Gasteiger partial charge on any atom is -0.395 e. The standard InChI is InChI=1S/C19H21ClF3NO2S/c1-11(7-18(26)17(24)10-25)15-6-5-14(9-16(15)20)27-13-4-2-3-12(8-13)19(21,22)23/h2-6,8-9,11,17-18,25-26H,7,10,24H2,1H3. The van der Waals surface area contributed by atoms with Crippen LogP contribution in [0.2, 0.25) is 5.02 Å². The van der Waals surface area contributed by atoms with Gasteiger partial charge < -0.3 is 15.9 Å². The van der Waals surface area contributed by atoms with Gasteiger partial charge in [0.2, 0.25) is 0 Å². The van der Waals surface area contributed by atoms with Gasteiger partial charge in [-0.1, -0.05) is 42.4 Å². The number of rotatable bonds is 7. The highest BCUT2D eigenvalue weighted by Gasteiger charge is 2.30. The van der Waals surface area contributed by atoms with Crippen LogP contribution in [0.15, 0.2) is 52.3 Å². The van der Waals surface area contributed by atoms with E-state index in [9.17, 15) is 18.3 Å². The molecular weight excluding hydrogens is 399 g/mol. The van der Waals surface area contributed by atoms with Crippen LogP contribution in [0.1, 0.15) is 30.4 Å². The third kappa shape index (κ3) is 6.12. The Morgan fingerprint density at radius 1 is 1.15 bits per heavy atom. The second-order valence-electron chi connectivity index (χ2n) is 6.36. The van der Waals surface area contributed by atoms with E-state index in [-0.39, 0.29) is 12.5 Å². The number of benzene rings is 2. The normalized spacial score (nSPS) is 15.4. The molecule has 2 aromatic rings. The van der Waals surface area contributed by atoms with Gasteiger partial charge in [0.15, 0.2) is 0 Å². The average molecular weight is 420 g/mol. The first kappa shape index (κ1) is 22.0. The second kappa shape index (κ2) is 9.30. The molecule has 0 radical (unpaired) electrons. The second-order valence-corrected chi connectivity index (χ2v) is 7.92. The van der Waals surface area contributed by atoms with Crippen molar-refractivity contribution in [1.82, 2.24) is 0 Å². The number of alkyl halides is 3. The first-order valence-corrected chi connectivity index (χ1v) is 9.50. The van der Waals surface area contributed by atoms with Crippen molar-refractivity contribution in [2.24, 2.45) is 5.73 Å². The number of aliphatic hydroxyl groups excluding tert-OH is 2. The molecule has 2 aromatic carbocycles. The highest BCUT2D eigenvalue weighted by atomic mass is 35.5. The molecule has 4 N–H and O–H groups in total. The number of aliphatic hydroxyl groups is 2. The SMILES string of the molecule is CC(CC(O)C(N)CO)c1ccc(Sc2cccc(C(F)(F)F)c2)cc1Cl. The fourth-order valence-electron chi connectivity index (χ4n) is 2.63. The van der Waals surface area contributed by atoms with E-state index in [0.717, 1.165) is 17.7 Å². The van der Waals surface area contributed by atoms with Crippen LogP contribution in [0, 0.1) is 0 Å². The average Bonchev–Trinajstić information content (AvgIpc) is 2.60. The van der Waals surface area contributed by atoms with Crippen molar-refractivity contribution in [3.63, 3.8) is 0 Å². The predicted octanol–water partition coefficient (Wildman–Crippen LogP) is 4.68. The van der Waals surface area contributed by atoms with Gasteiger partial charge in [0.05, 0.1) is 24.3 Å². The minimum absolute atomic E-state index is 0.0993. The Kier molecular flexibility index (Phi) is 7.59. The monoisotopic (exact) mass is 419 g/mol. The molecule has 2 rings (SSSR count). The topological polar surface area (TPSA) is 66.5 Å². The Balaban J connectivity index is 2.13. The van der Waals surface area contributed by atoms with Crippen LogP contribution >= 0.6 is 23.4 Å². The van der Waals surface area contributed by atoms with Gasteiger partial charge in [-0.05, 0) is 48.2 Å². The van der Waals surface area contributed by atoms with Crippen molar-refractivity contribution < 1.29 is 23.4 Å². The maximum Gasteiger partial charge on any atom is 0.416 e. The Bertz CT molecular complexity index is 773. The molecular formula is C19H21ClF3NO2S. The minimum atomic E-state index is -4.39. The van der Waals surface area contributed by atoms with E-state index >= 15 is 0 Å². The summed E-state index contributed by atoms with van der Waals surface area (Å²) >= 11 is 7.52. The summed E-state index contributed by atoms with van der Waals surface area (Å²) in [7, 11) is 0. The molecule has 0 spiro atoms. The third-order valence-electron chi connectivity index (χ3n) is 4.20. The maximum absolute atomic E-state index is 12.8. The molecule has 0 aromatic heterocycles. The molecule has 0 saturated carbocycles. The van der Waals surface area contributed by atoms with Crippen LogP contribution in [0.25, 0.3) is 0 Å². The fourth-order valence-corrected chi connectivity index (χ4v) is 3.98. The van der Waals surface area contributed by atoms with Crippen molar-refractivity contribution in [2.45, 2.75) is 47.4 Å². The highest BCUT2D eigenvalue weighted by molar-refractivity contribution is 7.99.